The molecule has 0 fully saturated rings. The molecule has 1 aromatic rings. The van der Waals surface area contributed by atoms with Crippen LogP contribution in [0.15, 0.2) is 0 Å². The van der Waals surface area contributed by atoms with Gasteiger partial charge >= 0.3 is 6.01 Å². The van der Waals surface area contributed by atoms with Gasteiger partial charge in [-0.1, -0.05) is 0 Å². The van der Waals surface area contributed by atoms with E-state index in [0.29, 0.717) is 25.0 Å². The molecule has 1 aromatic heterocycles. The van der Waals surface area contributed by atoms with Crippen LogP contribution in [0.5, 0.6) is 6.01 Å². The molecule has 7 heteroatoms. The number of methoxy groups -OCH3 is 1. The second-order valence-electron chi connectivity index (χ2n) is 4.35. The summed E-state index contributed by atoms with van der Waals surface area (Å²) in [6.07, 6.45) is 0. The second-order valence-corrected chi connectivity index (χ2v) is 4.35. The molecule has 0 aromatic carbocycles. The zero-order valence-electron chi connectivity index (χ0n) is 11.1. The van der Waals surface area contributed by atoms with Crippen LogP contribution in [0, 0.1) is 16.7 Å². The Hall–Kier alpha value is -2.10. The quantitative estimate of drug-likeness (QED) is 0.784. The summed E-state index contributed by atoms with van der Waals surface area (Å²) in [5.41, 5.74) is -0.488. The van der Waals surface area contributed by atoms with Crippen LogP contribution >= 0.6 is 0 Å². The van der Waals surface area contributed by atoms with Crippen LogP contribution in [0.25, 0.3) is 0 Å². The van der Waals surface area contributed by atoms with Crippen molar-refractivity contribution in [1.29, 1.82) is 5.26 Å². The summed E-state index contributed by atoms with van der Waals surface area (Å²) >= 11 is 0. The lowest BCUT2D eigenvalue weighted by Gasteiger charge is -2.16. The van der Waals surface area contributed by atoms with E-state index in [0.717, 1.165) is 0 Å². The number of aromatic nitrogens is 3. The first-order valence-electron chi connectivity index (χ1n) is 5.70. The van der Waals surface area contributed by atoms with Crippen LogP contribution in [0.4, 0.5) is 11.9 Å². The standard InChI is InChI=1S/C11H18N6O/c1-5-13-8-15-9(17-10(16-8)18-4)14-7-11(2,3)6-12/h5,7H2,1-4H3,(H2,13,14,15,16,17). The molecule has 2 N–H and O–H groups in total. The van der Waals surface area contributed by atoms with E-state index in [1.807, 2.05) is 20.8 Å². The maximum Gasteiger partial charge on any atom is 0.322 e. The highest BCUT2D eigenvalue weighted by Crippen LogP contribution is 2.15. The summed E-state index contributed by atoms with van der Waals surface area (Å²) in [7, 11) is 1.49. The smallest absolute Gasteiger partial charge is 0.322 e. The van der Waals surface area contributed by atoms with E-state index in [1.165, 1.54) is 7.11 Å². The normalized spacial score (nSPS) is 10.6. The number of nitrogens with zero attached hydrogens (tertiary/aromatic N) is 4. The maximum absolute atomic E-state index is 8.93. The molecule has 0 aliphatic heterocycles. The number of anilines is 2. The minimum absolute atomic E-state index is 0.234. The van der Waals surface area contributed by atoms with Crippen molar-refractivity contribution in [2.45, 2.75) is 20.8 Å². The molecule has 0 saturated carbocycles. The van der Waals surface area contributed by atoms with Crippen molar-refractivity contribution in [2.75, 3.05) is 30.8 Å². The van der Waals surface area contributed by atoms with Gasteiger partial charge in [-0.05, 0) is 20.8 Å². The first-order valence-corrected chi connectivity index (χ1v) is 5.70. The first-order chi connectivity index (χ1) is 8.50. The molecule has 0 bridgehead atoms. The summed E-state index contributed by atoms with van der Waals surface area (Å²) in [6.45, 7) is 6.77. The summed E-state index contributed by atoms with van der Waals surface area (Å²) < 4.78 is 4.99. The molecule has 18 heavy (non-hydrogen) atoms. The molecule has 0 spiro atoms. The molecule has 1 rings (SSSR count). The molecule has 0 aliphatic rings. The van der Waals surface area contributed by atoms with Crippen LogP contribution in [-0.2, 0) is 0 Å². The molecule has 98 valence electrons. The molecular formula is C11H18N6O. The van der Waals surface area contributed by atoms with Crippen molar-refractivity contribution in [2.24, 2.45) is 5.41 Å². The van der Waals surface area contributed by atoms with Gasteiger partial charge in [0.05, 0.1) is 18.6 Å². The predicted octanol–water partition coefficient (Wildman–Crippen LogP) is 1.27. The predicted molar refractivity (Wildman–Crippen MR) is 68.4 cm³/mol. The van der Waals surface area contributed by atoms with Crippen LogP contribution in [0.2, 0.25) is 0 Å². The zero-order valence-corrected chi connectivity index (χ0v) is 11.1. The highest BCUT2D eigenvalue weighted by molar-refractivity contribution is 5.36. The van der Waals surface area contributed by atoms with E-state index in [-0.39, 0.29) is 6.01 Å². The molecule has 7 nitrogen and oxygen atoms in total. The van der Waals surface area contributed by atoms with Crippen LogP contribution in [0.3, 0.4) is 0 Å². The van der Waals surface area contributed by atoms with Crippen molar-refractivity contribution in [3.05, 3.63) is 0 Å². The van der Waals surface area contributed by atoms with Gasteiger partial charge in [-0.15, -0.1) is 0 Å². The van der Waals surface area contributed by atoms with Crippen molar-refractivity contribution in [3.63, 3.8) is 0 Å². The Labute approximate surface area is 107 Å². The number of rotatable bonds is 6. The lowest BCUT2D eigenvalue weighted by molar-refractivity contribution is 0.379. The Morgan fingerprint density at radius 1 is 1.22 bits per heavy atom. The van der Waals surface area contributed by atoms with Gasteiger partial charge in [-0.25, -0.2) is 0 Å². The molecular weight excluding hydrogens is 232 g/mol. The lowest BCUT2D eigenvalue weighted by atomic mass is 9.96. The fourth-order valence-electron chi connectivity index (χ4n) is 1.10. The van der Waals surface area contributed by atoms with E-state index in [1.54, 1.807) is 0 Å². The van der Waals surface area contributed by atoms with Gasteiger partial charge in [0.1, 0.15) is 0 Å². The topological polar surface area (TPSA) is 95.8 Å². The fraction of sp³-hybridized carbons (Fsp3) is 0.636. The molecule has 0 atom stereocenters. The molecule has 0 radical (unpaired) electrons. The summed E-state index contributed by atoms with van der Waals surface area (Å²) in [6, 6.07) is 2.43. The number of hydrogen-bond acceptors (Lipinski definition) is 7. The van der Waals surface area contributed by atoms with Gasteiger partial charge in [0.2, 0.25) is 11.9 Å². The molecule has 0 saturated heterocycles. The van der Waals surface area contributed by atoms with Crippen LogP contribution in [-0.4, -0.2) is 35.2 Å². The largest absolute Gasteiger partial charge is 0.467 e. The molecule has 0 amide bonds. The van der Waals surface area contributed by atoms with Gasteiger partial charge in [0, 0.05) is 13.1 Å². The number of nitriles is 1. The third-order valence-electron chi connectivity index (χ3n) is 2.12. The van der Waals surface area contributed by atoms with Gasteiger partial charge < -0.3 is 15.4 Å². The zero-order chi connectivity index (χ0) is 13.6. The van der Waals surface area contributed by atoms with E-state index in [4.69, 9.17) is 10.00 Å². The van der Waals surface area contributed by atoms with Crippen LogP contribution in [0.1, 0.15) is 20.8 Å². The average Bonchev–Trinajstić information content (AvgIpc) is 2.37. The Kier molecular flexibility index (Phi) is 4.66. The SMILES string of the molecule is CCNc1nc(NCC(C)(C)C#N)nc(OC)n1. The second kappa shape index (κ2) is 6.00. The van der Waals surface area contributed by atoms with Crippen molar-refractivity contribution in [1.82, 2.24) is 15.0 Å². The Morgan fingerprint density at radius 3 is 2.33 bits per heavy atom. The van der Waals surface area contributed by atoms with Crippen molar-refractivity contribution < 1.29 is 4.74 Å². The Balaban J connectivity index is 2.82. The van der Waals surface area contributed by atoms with E-state index < -0.39 is 5.41 Å². The number of hydrogen-bond donors (Lipinski definition) is 2. The minimum Gasteiger partial charge on any atom is -0.467 e. The highest BCUT2D eigenvalue weighted by Gasteiger charge is 2.17. The highest BCUT2D eigenvalue weighted by atomic mass is 16.5. The Bertz CT molecular complexity index is 440. The third kappa shape index (κ3) is 4.05. The number of nitrogens with one attached hydrogen (secondary N) is 2. The van der Waals surface area contributed by atoms with Gasteiger partial charge in [-0.2, -0.15) is 20.2 Å². The molecule has 1 heterocycles. The van der Waals surface area contributed by atoms with Crippen LogP contribution < -0.4 is 15.4 Å². The minimum atomic E-state index is -0.488. The van der Waals surface area contributed by atoms with E-state index >= 15 is 0 Å². The average molecular weight is 250 g/mol. The lowest BCUT2D eigenvalue weighted by Crippen LogP contribution is -2.22. The van der Waals surface area contributed by atoms with Gasteiger partial charge in [-0.3, -0.25) is 0 Å². The maximum atomic E-state index is 8.93. The van der Waals surface area contributed by atoms with Gasteiger partial charge in [0.15, 0.2) is 0 Å². The summed E-state index contributed by atoms with van der Waals surface area (Å²) in [5, 5.41) is 14.9. The third-order valence-corrected chi connectivity index (χ3v) is 2.12. The Morgan fingerprint density at radius 2 is 1.83 bits per heavy atom. The van der Waals surface area contributed by atoms with Gasteiger partial charge in [0.25, 0.3) is 0 Å². The van der Waals surface area contributed by atoms with E-state index in [9.17, 15) is 0 Å². The fourth-order valence-corrected chi connectivity index (χ4v) is 1.10. The summed E-state index contributed by atoms with van der Waals surface area (Å²) in [5.74, 6) is 0.836. The monoisotopic (exact) mass is 250 g/mol. The van der Waals surface area contributed by atoms with Crippen molar-refractivity contribution in [3.8, 4) is 12.1 Å². The van der Waals surface area contributed by atoms with E-state index in [2.05, 4.69) is 31.7 Å². The first kappa shape index (κ1) is 14.0. The number of ether oxygens (including phenoxy) is 1. The summed E-state index contributed by atoms with van der Waals surface area (Å²) in [4.78, 5) is 12.3. The van der Waals surface area contributed by atoms with Crippen molar-refractivity contribution >= 4 is 11.9 Å². The molecule has 0 aliphatic carbocycles. The molecule has 0 unspecified atom stereocenters.